The average Bonchev–Trinajstić information content (AvgIpc) is 3.49. The molecule has 0 bridgehead atoms. The molecule has 6 heteroatoms. The largest absolute Gasteiger partial charge is 0.466 e. The van der Waals surface area contributed by atoms with Crippen LogP contribution in [0, 0.1) is 0 Å². The quantitative estimate of drug-likeness (QED) is 0.0320. The van der Waals surface area contributed by atoms with Crippen LogP contribution in [0.4, 0.5) is 0 Å². The number of carbonyl (C=O) groups is 2. The lowest BCUT2D eigenvalue weighted by Crippen LogP contribution is -2.45. The molecule has 0 rings (SSSR count). The Morgan fingerprint density at radius 2 is 0.602 bits per heavy atom. The minimum absolute atomic E-state index is 0.0173. The van der Waals surface area contributed by atoms with Crippen molar-refractivity contribution >= 4 is 11.9 Å². The second kappa shape index (κ2) is 72.8. The van der Waals surface area contributed by atoms with Gasteiger partial charge in [0, 0.05) is 12.8 Å². The van der Waals surface area contributed by atoms with Crippen LogP contribution in [0.5, 0.6) is 0 Å². The third kappa shape index (κ3) is 69.3. The average molecular weight is 1170 g/mol. The Bertz CT molecular complexity index is 1300. The first-order valence-corrected chi connectivity index (χ1v) is 38.1. The molecular formula is C77H149NO5. The molecule has 0 saturated carbocycles. The third-order valence-corrected chi connectivity index (χ3v) is 18.0. The Hall–Kier alpha value is -1.66. The van der Waals surface area contributed by atoms with Gasteiger partial charge in [0.2, 0.25) is 5.91 Å². The van der Waals surface area contributed by atoms with E-state index in [2.05, 4.69) is 43.5 Å². The summed E-state index contributed by atoms with van der Waals surface area (Å²) in [7, 11) is 0. The smallest absolute Gasteiger partial charge is 0.305 e. The monoisotopic (exact) mass is 1170 g/mol. The molecule has 0 aliphatic carbocycles. The summed E-state index contributed by atoms with van der Waals surface area (Å²) in [5.74, 6) is -0.0118. The van der Waals surface area contributed by atoms with E-state index in [9.17, 15) is 19.8 Å². The molecule has 0 saturated heterocycles. The Balaban J connectivity index is 3.25. The van der Waals surface area contributed by atoms with Gasteiger partial charge in [-0.3, -0.25) is 9.59 Å². The van der Waals surface area contributed by atoms with Gasteiger partial charge in [-0.15, -0.1) is 0 Å². The number of rotatable bonds is 72. The third-order valence-electron chi connectivity index (χ3n) is 18.0. The van der Waals surface area contributed by atoms with Crippen LogP contribution >= 0.6 is 0 Å². The first kappa shape index (κ1) is 81.3. The van der Waals surface area contributed by atoms with E-state index in [0.717, 1.165) is 51.4 Å². The molecule has 0 heterocycles. The van der Waals surface area contributed by atoms with Crippen LogP contribution in [-0.4, -0.2) is 47.4 Å². The van der Waals surface area contributed by atoms with Crippen LogP contribution in [0.1, 0.15) is 431 Å². The SMILES string of the molecule is CCCCCC/C=C\C/C=C\CCCCCCCCCC(=O)OCCCCCCCCCCCCCCCCCCCCCCCCCCCCCCCCCCCCCCCCCC(=O)NC(CO)C(O)CCCCCCCCCCC. The van der Waals surface area contributed by atoms with Crippen molar-refractivity contribution in [2.24, 2.45) is 0 Å². The van der Waals surface area contributed by atoms with Gasteiger partial charge in [-0.2, -0.15) is 0 Å². The fourth-order valence-corrected chi connectivity index (χ4v) is 12.2. The van der Waals surface area contributed by atoms with Crippen LogP contribution < -0.4 is 5.32 Å². The second-order valence-electron chi connectivity index (χ2n) is 26.3. The van der Waals surface area contributed by atoms with Gasteiger partial charge in [0.05, 0.1) is 25.4 Å². The summed E-state index contributed by atoms with van der Waals surface area (Å²) in [6, 6.07) is -0.534. The first-order chi connectivity index (χ1) is 41.0. The van der Waals surface area contributed by atoms with E-state index < -0.39 is 12.1 Å². The highest BCUT2D eigenvalue weighted by atomic mass is 16.5. The predicted molar refractivity (Wildman–Crippen MR) is 366 cm³/mol. The van der Waals surface area contributed by atoms with Gasteiger partial charge in [-0.25, -0.2) is 0 Å². The van der Waals surface area contributed by atoms with Gasteiger partial charge in [0.1, 0.15) is 0 Å². The summed E-state index contributed by atoms with van der Waals surface area (Å²) in [6.45, 7) is 4.95. The highest BCUT2D eigenvalue weighted by molar-refractivity contribution is 5.76. The molecule has 0 aromatic heterocycles. The van der Waals surface area contributed by atoms with Crippen molar-refractivity contribution in [3.05, 3.63) is 24.3 Å². The lowest BCUT2D eigenvalue weighted by Gasteiger charge is -2.22. The van der Waals surface area contributed by atoms with Crippen LogP contribution in [0.3, 0.4) is 0 Å². The van der Waals surface area contributed by atoms with E-state index in [1.54, 1.807) is 0 Å². The number of aliphatic hydroxyl groups excluding tert-OH is 2. The maximum absolute atomic E-state index is 12.4. The summed E-state index contributed by atoms with van der Waals surface area (Å²) >= 11 is 0. The summed E-state index contributed by atoms with van der Waals surface area (Å²) in [5.41, 5.74) is 0. The number of esters is 1. The van der Waals surface area contributed by atoms with Crippen LogP contribution in [-0.2, 0) is 14.3 Å². The fourth-order valence-electron chi connectivity index (χ4n) is 12.2. The second-order valence-corrected chi connectivity index (χ2v) is 26.3. The molecule has 0 aromatic rings. The summed E-state index contributed by atoms with van der Waals surface area (Å²) in [5, 5.41) is 23.2. The van der Waals surface area contributed by atoms with E-state index in [1.165, 1.54) is 347 Å². The maximum atomic E-state index is 12.4. The minimum atomic E-state index is -0.657. The highest BCUT2D eigenvalue weighted by Gasteiger charge is 2.20. The molecule has 6 nitrogen and oxygen atoms in total. The van der Waals surface area contributed by atoms with Gasteiger partial charge in [-0.05, 0) is 57.8 Å². The zero-order chi connectivity index (χ0) is 59.9. The van der Waals surface area contributed by atoms with Crippen molar-refractivity contribution < 1.29 is 24.5 Å². The van der Waals surface area contributed by atoms with Crippen molar-refractivity contribution in [2.75, 3.05) is 13.2 Å². The van der Waals surface area contributed by atoms with Crippen LogP contribution in [0.15, 0.2) is 24.3 Å². The molecular weight excluding hydrogens is 1020 g/mol. The van der Waals surface area contributed by atoms with Crippen molar-refractivity contribution in [3.63, 3.8) is 0 Å². The molecule has 2 unspecified atom stereocenters. The number of allylic oxidation sites excluding steroid dienone is 4. The van der Waals surface area contributed by atoms with E-state index >= 15 is 0 Å². The number of ether oxygens (including phenoxy) is 1. The molecule has 0 aliphatic rings. The predicted octanol–water partition coefficient (Wildman–Crippen LogP) is 24.9. The Labute approximate surface area is 520 Å². The number of unbranched alkanes of at least 4 members (excludes halogenated alkanes) is 57. The Morgan fingerprint density at radius 1 is 0.337 bits per heavy atom. The number of carbonyl (C=O) groups excluding carboxylic acids is 2. The van der Waals surface area contributed by atoms with E-state index in [0.29, 0.717) is 25.9 Å². The molecule has 1 amide bonds. The Kier molecular flexibility index (Phi) is 71.4. The van der Waals surface area contributed by atoms with Crippen molar-refractivity contribution in [1.82, 2.24) is 5.32 Å². The lowest BCUT2D eigenvalue weighted by atomic mass is 10.0. The molecule has 3 N–H and O–H groups in total. The molecule has 2 atom stereocenters. The normalized spacial score (nSPS) is 12.6. The molecule has 0 radical (unpaired) electrons. The molecule has 83 heavy (non-hydrogen) atoms. The molecule has 0 spiro atoms. The number of hydrogen-bond acceptors (Lipinski definition) is 5. The van der Waals surface area contributed by atoms with Gasteiger partial charge in [0.15, 0.2) is 0 Å². The Morgan fingerprint density at radius 3 is 0.928 bits per heavy atom. The summed E-state index contributed by atoms with van der Waals surface area (Å²) in [4.78, 5) is 24.5. The number of hydrogen-bond donors (Lipinski definition) is 3. The van der Waals surface area contributed by atoms with E-state index in [4.69, 9.17) is 4.74 Å². The number of amides is 1. The molecule has 492 valence electrons. The number of nitrogens with one attached hydrogen (secondary N) is 1. The summed E-state index contributed by atoms with van der Waals surface area (Å²) < 4.78 is 5.51. The first-order valence-electron chi connectivity index (χ1n) is 38.1. The van der Waals surface area contributed by atoms with Gasteiger partial charge in [0.25, 0.3) is 0 Å². The van der Waals surface area contributed by atoms with E-state index in [-0.39, 0.29) is 18.5 Å². The zero-order valence-corrected chi connectivity index (χ0v) is 56.5. The number of aliphatic hydroxyl groups is 2. The molecule has 0 aromatic carbocycles. The molecule has 0 fully saturated rings. The summed E-state index contributed by atoms with van der Waals surface area (Å²) in [6.07, 6.45) is 92.9. The topological polar surface area (TPSA) is 95.9 Å². The highest BCUT2D eigenvalue weighted by Crippen LogP contribution is 2.20. The van der Waals surface area contributed by atoms with Crippen molar-refractivity contribution in [1.29, 1.82) is 0 Å². The lowest BCUT2D eigenvalue weighted by molar-refractivity contribution is -0.143. The van der Waals surface area contributed by atoms with Gasteiger partial charge >= 0.3 is 5.97 Å². The van der Waals surface area contributed by atoms with Crippen molar-refractivity contribution in [2.45, 2.75) is 443 Å². The van der Waals surface area contributed by atoms with Crippen LogP contribution in [0.25, 0.3) is 0 Å². The van der Waals surface area contributed by atoms with Crippen molar-refractivity contribution in [3.8, 4) is 0 Å². The fraction of sp³-hybridized carbons (Fsp3) is 0.922. The van der Waals surface area contributed by atoms with Crippen LogP contribution in [0.2, 0.25) is 0 Å². The zero-order valence-electron chi connectivity index (χ0n) is 56.5. The molecule has 0 aliphatic heterocycles. The minimum Gasteiger partial charge on any atom is -0.466 e. The maximum Gasteiger partial charge on any atom is 0.305 e. The van der Waals surface area contributed by atoms with Gasteiger partial charge < -0.3 is 20.3 Å². The standard InChI is InChI=1S/C77H149NO5/c1-3-5-7-9-11-13-14-15-16-17-42-45-48-51-55-59-63-67-71-77(82)83-72-68-64-60-56-52-49-46-43-40-38-36-34-32-30-28-26-24-22-20-18-19-21-23-25-27-29-31-33-35-37-39-41-44-47-50-54-58-62-66-70-76(81)78-74(73-79)75(80)69-65-61-57-53-12-10-8-6-4-2/h13-14,16-17,74-75,79-80H,3-12,15,18-73H2,1-2H3,(H,78,81)/b14-13-,17-16-. The van der Waals surface area contributed by atoms with Gasteiger partial charge in [-0.1, -0.05) is 385 Å². The van der Waals surface area contributed by atoms with E-state index in [1.807, 2.05) is 0 Å².